The molecule has 0 atom stereocenters. The number of nitro benzene ring substituents is 1. The van der Waals surface area contributed by atoms with Gasteiger partial charge in [0, 0.05) is 23.3 Å². The molecule has 31 heavy (non-hydrogen) atoms. The number of benzene rings is 3. The molecule has 0 radical (unpaired) electrons. The van der Waals surface area contributed by atoms with Gasteiger partial charge in [-0.2, -0.15) is 0 Å². The maximum Gasteiger partial charge on any atom is 0.335 e. The largest absolute Gasteiger partial charge is 0.478 e. The van der Waals surface area contributed by atoms with Crippen molar-refractivity contribution in [3.63, 3.8) is 0 Å². The predicted molar refractivity (Wildman–Crippen MR) is 110 cm³/mol. The first-order chi connectivity index (χ1) is 14.7. The van der Waals surface area contributed by atoms with E-state index in [1.807, 2.05) is 0 Å². The highest BCUT2D eigenvalue weighted by Crippen LogP contribution is 2.23. The third-order valence-electron chi connectivity index (χ3n) is 4.25. The smallest absolute Gasteiger partial charge is 0.335 e. The van der Waals surface area contributed by atoms with Gasteiger partial charge in [-0.3, -0.25) is 10.1 Å². The van der Waals surface area contributed by atoms with Crippen LogP contribution in [0.5, 0.6) is 0 Å². The summed E-state index contributed by atoms with van der Waals surface area (Å²) in [5.41, 5.74) is 0.410. The van der Waals surface area contributed by atoms with E-state index in [0.29, 0.717) is 11.1 Å². The second-order valence-electron chi connectivity index (χ2n) is 6.46. The molecule has 1 N–H and O–H groups in total. The number of carbonyl (C=O) groups is 1. The number of hydrogen-bond donors (Lipinski definition) is 1. The van der Waals surface area contributed by atoms with Crippen LogP contribution in [0.3, 0.4) is 0 Å². The number of non-ortho nitro benzene ring substituents is 1. The Morgan fingerprint density at radius 2 is 1.65 bits per heavy atom. The summed E-state index contributed by atoms with van der Waals surface area (Å²) in [5.74, 6) is 3.20. The summed E-state index contributed by atoms with van der Waals surface area (Å²) in [4.78, 5) is 21.3. The van der Waals surface area contributed by atoms with Gasteiger partial charge in [0.1, 0.15) is 5.82 Å². The standard InChI is InChI=1S/C22H14FNO6S/c23-19-8-2-15(3-9-19)1-6-17-13-18(22(25)26)7-12-21(17)31(29,30)14-16-4-10-20(11-5-16)24(27)28/h2-5,7-13H,14H2,(H,25,26). The van der Waals surface area contributed by atoms with Crippen molar-refractivity contribution in [1.82, 2.24) is 0 Å². The third kappa shape index (κ3) is 5.32. The third-order valence-corrected chi connectivity index (χ3v) is 5.99. The molecule has 0 unspecified atom stereocenters. The van der Waals surface area contributed by atoms with Gasteiger partial charge >= 0.3 is 5.97 Å². The van der Waals surface area contributed by atoms with Crippen LogP contribution in [-0.4, -0.2) is 24.4 Å². The molecule has 0 aliphatic rings. The number of hydrogen-bond acceptors (Lipinski definition) is 5. The van der Waals surface area contributed by atoms with Gasteiger partial charge in [0.2, 0.25) is 0 Å². The Bertz CT molecular complexity index is 1320. The van der Waals surface area contributed by atoms with Crippen LogP contribution < -0.4 is 0 Å². The highest BCUT2D eigenvalue weighted by atomic mass is 32.2. The van der Waals surface area contributed by atoms with Gasteiger partial charge in [-0.15, -0.1) is 0 Å². The van der Waals surface area contributed by atoms with Gasteiger partial charge in [-0.1, -0.05) is 24.0 Å². The fraction of sp³-hybridized carbons (Fsp3) is 0.0455. The monoisotopic (exact) mass is 439 g/mol. The molecule has 0 bridgehead atoms. The first-order valence-electron chi connectivity index (χ1n) is 8.77. The fourth-order valence-electron chi connectivity index (χ4n) is 2.72. The Morgan fingerprint density at radius 3 is 2.23 bits per heavy atom. The van der Waals surface area contributed by atoms with Crippen LogP contribution in [0.15, 0.2) is 71.6 Å². The van der Waals surface area contributed by atoms with Crippen LogP contribution in [-0.2, 0) is 15.6 Å². The Balaban J connectivity index is 2.01. The van der Waals surface area contributed by atoms with Crippen molar-refractivity contribution >= 4 is 21.5 Å². The second kappa shape index (κ2) is 8.77. The molecule has 0 amide bonds. The van der Waals surface area contributed by atoms with Crippen molar-refractivity contribution in [2.75, 3.05) is 0 Å². The molecule has 0 heterocycles. The molecule has 0 aliphatic carbocycles. The average molecular weight is 439 g/mol. The number of rotatable bonds is 5. The summed E-state index contributed by atoms with van der Waals surface area (Å²) in [6.07, 6.45) is 0. The fourth-order valence-corrected chi connectivity index (χ4v) is 4.22. The molecule has 7 nitrogen and oxygen atoms in total. The summed E-state index contributed by atoms with van der Waals surface area (Å²) in [5, 5.41) is 20.0. The van der Waals surface area contributed by atoms with Crippen molar-refractivity contribution in [2.45, 2.75) is 10.6 Å². The molecule has 0 saturated carbocycles. The van der Waals surface area contributed by atoms with Crippen LogP contribution >= 0.6 is 0 Å². The van der Waals surface area contributed by atoms with Gasteiger partial charge in [-0.05, 0) is 48.0 Å². The number of nitro groups is 1. The first-order valence-corrected chi connectivity index (χ1v) is 10.4. The van der Waals surface area contributed by atoms with Gasteiger partial charge in [0.15, 0.2) is 9.84 Å². The highest BCUT2D eigenvalue weighted by Gasteiger charge is 2.21. The molecule has 0 spiro atoms. The van der Waals surface area contributed by atoms with Gasteiger partial charge in [0.25, 0.3) is 5.69 Å². The van der Waals surface area contributed by atoms with E-state index in [1.165, 1.54) is 54.6 Å². The quantitative estimate of drug-likeness (QED) is 0.367. The normalized spacial score (nSPS) is 10.7. The Kier molecular flexibility index (Phi) is 6.13. The van der Waals surface area contributed by atoms with E-state index in [1.54, 1.807) is 0 Å². The minimum absolute atomic E-state index is 0.0221. The Hall–Kier alpha value is -4.03. The minimum Gasteiger partial charge on any atom is -0.478 e. The van der Waals surface area contributed by atoms with Crippen molar-refractivity contribution in [3.05, 3.63) is 105 Å². The van der Waals surface area contributed by atoms with Crippen molar-refractivity contribution in [1.29, 1.82) is 0 Å². The van der Waals surface area contributed by atoms with Crippen molar-refractivity contribution < 1.29 is 27.6 Å². The number of aromatic carboxylic acids is 1. The van der Waals surface area contributed by atoms with Crippen LogP contribution in [0.25, 0.3) is 0 Å². The number of sulfone groups is 1. The molecule has 0 saturated heterocycles. The van der Waals surface area contributed by atoms with E-state index in [-0.39, 0.29) is 21.7 Å². The van der Waals surface area contributed by atoms with Crippen LogP contribution in [0.1, 0.15) is 27.0 Å². The molecule has 0 aliphatic heterocycles. The summed E-state index contributed by atoms with van der Waals surface area (Å²) in [6.45, 7) is 0. The molecule has 3 rings (SSSR count). The maximum atomic E-state index is 13.1. The molecule has 9 heteroatoms. The Labute approximate surface area is 176 Å². The number of carboxylic acids is 1. The topological polar surface area (TPSA) is 115 Å². The molecule has 3 aromatic rings. The van der Waals surface area contributed by atoms with Crippen molar-refractivity contribution in [3.8, 4) is 11.8 Å². The molecular weight excluding hydrogens is 425 g/mol. The highest BCUT2D eigenvalue weighted by molar-refractivity contribution is 7.90. The summed E-state index contributed by atoms with van der Waals surface area (Å²) < 4.78 is 39.0. The van der Waals surface area contributed by atoms with E-state index in [0.717, 1.165) is 12.1 Å². The molecule has 0 aromatic heterocycles. The van der Waals surface area contributed by atoms with Crippen LogP contribution in [0, 0.1) is 27.8 Å². The predicted octanol–water partition coefficient (Wildman–Crippen LogP) is 3.81. The Morgan fingerprint density at radius 1 is 1.00 bits per heavy atom. The zero-order chi connectivity index (χ0) is 22.6. The molecule has 3 aromatic carbocycles. The van der Waals surface area contributed by atoms with Gasteiger partial charge in [-0.25, -0.2) is 17.6 Å². The van der Waals surface area contributed by atoms with Crippen molar-refractivity contribution in [2.24, 2.45) is 0 Å². The molecule has 0 fully saturated rings. The van der Waals surface area contributed by atoms with E-state index in [9.17, 15) is 32.8 Å². The molecular formula is C22H14FNO6S. The van der Waals surface area contributed by atoms with Crippen LogP contribution in [0.4, 0.5) is 10.1 Å². The lowest BCUT2D eigenvalue weighted by atomic mass is 10.1. The second-order valence-corrected chi connectivity index (χ2v) is 8.41. The number of carboxylic acid groups (broad SMARTS) is 1. The molecule has 156 valence electrons. The number of halogens is 1. The van der Waals surface area contributed by atoms with E-state index < -0.39 is 32.3 Å². The SMILES string of the molecule is O=C(O)c1ccc(S(=O)(=O)Cc2ccc([N+](=O)[O-])cc2)c(C#Cc2ccc(F)cc2)c1. The summed E-state index contributed by atoms with van der Waals surface area (Å²) in [6, 6.07) is 13.8. The van der Waals surface area contributed by atoms with E-state index >= 15 is 0 Å². The summed E-state index contributed by atoms with van der Waals surface area (Å²) in [7, 11) is -3.96. The lowest BCUT2D eigenvalue weighted by molar-refractivity contribution is -0.384. The van der Waals surface area contributed by atoms with Gasteiger partial charge < -0.3 is 5.11 Å². The minimum atomic E-state index is -3.96. The number of nitrogens with zero attached hydrogens (tertiary/aromatic N) is 1. The zero-order valence-electron chi connectivity index (χ0n) is 15.8. The lowest BCUT2D eigenvalue weighted by Gasteiger charge is -2.08. The van der Waals surface area contributed by atoms with Gasteiger partial charge in [0.05, 0.1) is 21.1 Å². The maximum absolute atomic E-state index is 13.1. The first kappa shape index (κ1) is 21.7. The van der Waals surface area contributed by atoms with E-state index in [4.69, 9.17) is 0 Å². The summed E-state index contributed by atoms with van der Waals surface area (Å²) >= 11 is 0. The van der Waals surface area contributed by atoms with Crippen LogP contribution in [0.2, 0.25) is 0 Å². The zero-order valence-corrected chi connectivity index (χ0v) is 16.6. The van der Waals surface area contributed by atoms with E-state index in [2.05, 4.69) is 11.8 Å². The average Bonchev–Trinajstić information content (AvgIpc) is 2.73. The lowest BCUT2D eigenvalue weighted by Crippen LogP contribution is -2.09.